The van der Waals surface area contributed by atoms with Crippen molar-refractivity contribution in [2.45, 2.75) is 33.2 Å². The molecule has 0 saturated heterocycles. The molecule has 2 heteroatoms. The smallest absolute Gasteiger partial charge is 0.0204 e. The van der Waals surface area contributed by atoms with E-state index < -0.39 is 0 Å². The number of hydrogen-bond acceptors (Lipinski definition) is 1. The molecule has 8 heavy (non-hydrogen) atoms. The van der Waals surface area contributed by atoms with Gasteiger partial charge in [0.15, 0.2) is 0 Å². The van der Waals surface area contributed by atoms with E-state index in [1.807, 2.05) is 0 Å². The van der Waals surface area contributed by atoms with Crippen LogP contribution in [0.5, 0.6) is 0 Å². The molecule has 0 aliphatic rings. The third-order valence-electron chi connectivity index (χ3n) is 0.998. The van der Waals surface area contributed by atoms with E-state index in [-0.39, 0.29) is 0 Å². The Morgan fingerprint density at radius 1 is 1.50 bits per heavy atom. The monoisotopic (exact) mass is 227 g/mol. The largest absolute Gasteiger partial charge is 0.245 e. The van der Waals surface area contributed by atoms with Gasteiger partial charge in [-0.15, -0.1) is 0 Å². The molecular formula is C6H14IN. The summed E-state index contributed by atoms with van der Waals surface area (Å²) in [4.78, 5) is 0. The van der Waals surface area contributed by atoms with Gasteiger partial charge in [0.2, 0.25) is 0 Å². The Morgan fingerprint density at radius 3 is 2.12 bits per heavy atom. The third-order valence-corrected chi connectivity index (χ3v) is 2.59. The average Bonchev–Trinajstić information content (AvgIpc) is 1.67. The fraction of sp³-hybridized carbons (Fsp3) is 1.00. The fourth-order valence-electron chi connectivity index (χ4n) is 0.472. The number of halogens is 1. The Hall–Kier alpha value is 0.690. The second-order valence-electron chi connectivity index (χ2n) is 2.22. The molecule has 0 atom stereocenters. The van der Waals surface area contributed by atoms with Crippen LogP contribution in [0.1, 0.15) is 27.2 Å². The molecule has 0 fully saturated rings. The first-order valence-electron chi connectivity index (χ1n) is 3.11. The summed E-state index contributed by atoms with van der Waals surface area (Å²) in [7, 11) is 0. The molecule has 0 rings (SSSR count). The topological polar surface area (TPSA) is 3.24 Å². The number of nitrogens with zero attached hydrogens (tertiary/aromatic N) is 1. The number of rotatable bonds is 3. The van der Waals surface area contributed by atoms with Crippen molar-refractivity contribution in [1.82, 2.24) is 3.11 Å². The molecule has 0 amide bonds. The Balaban J connectivity index is 3.17. The van der Waals surface area contributed by atoms with E-state index in [0.717, 1.165) is 0 Å². The molecule has 50 valence electrons. The first-order chi connectivity index (χ1) is 3.68. The van der Waals surface area contributed by atoms with E-state index in [2.05, 4.69) is 46.7 Å². The minimum Gasteiger partial charge on any atom is -0.245 e. The van der Waals surface area contributed by atoms with Crippen molar-refractivity contribution in [3.05, 3.63) is 0 Å². The van der Waals surface area contributed by atoms with Crippen LogP contribution >= 0.6 is 22.9 Å². The minimum atomic E-state index is 0.690. The van der Waals surface area contributed by atoms with Crippen molar-refractivity contribution in [2.24, 2.45) is 0 Å². The van der Waals surface area contributed by atoms with Crippen LogP contribution in [-0.2, 0) is 0 Å². The SMILES string of the molecule is CCCN(I)C(C)C. The van der Waals surface area contributed by atoms with Crippen LogP contribution in [0.3, 0.4) is 0 Å². The van der Waals surface area contributed by atoms with Gasteiger partial charge in [-0.05, 0) is 20.3 Å². The van der Waals surface area contributed by atoms with Crippen LogP contribution in [0.25, 0.3) is 0 Å². The second kappa shape index (κ2) is 4.56. The Labute approximate surface area is 65.9 Å². The van der Waals surface area contributed by atoms with Crippen molar-refractivity contribution < 1.29 is 0 Å². The fourth-order valence-corrected chi connectivity index (χ4v) is 0.954. The Morgan fingerprint density at radius 2 is 2.00 bits per heavy atom. The minimum absolute atomic E-state index is 0.690. The zero-order valence-corrected chi connectivity index (χ0v) is 7.97. The van der Waals surface area contributed by atoms with E-state index in [1.165, 1.54) is 13.0 Å². The van der Waals surface area contributed by atoms with Gasteiger partial charge >= 0.3 is 0 Å². The average molecular weight is 227 g/mol. The molecule has 0 aromatic carbocycles. The molecule has 0 saturated carbocycles. The highest BCUT2D eigenvalue weighted by atomic mass is 127. The lowest BCUT2D eigenvalue weighted by molar-refractivity contribution is 0.430. The van der Waals surface area contributed by atoms with Crippen LogP contribution in [0.15, 0.2) is 0 Å². The van der Waals surface area contributed by atoms with E-state index in [0.29, 0.717) is 6.04 Å². The highest BCUT2D eigenvalue weighted by Gasteiger charge is 2.00. The van der Waals surface area contributed by atoms with E-state index in [1.54, 1.807) is 0 Å². The molecule has 0 N–H and O–H groups in total. The summed E-state index contributed by atoms with van der Waals surface area (Å²) in [6.07, 6.45) is 1.25. The summed E-state index contributed by atoms with van der Waals surface area (Å²) >= 11 is 2.36. The molecule has 0 aromatic heterocycles. The first-order valence-corrected chi connectivity index (χ1v) is 4.07. The van der Waals surface area contributed by atoms with E-state index in [4.69, 9.17) is 0 Å². The summed E-state index contributed by atoms with van der Waals surface area (Å²) in [6.45, 7) is 7.83. The van der Waals surface area contributed by atoms with Crippen molar-refractivity contribution in [3.8, 4) is 0 Å². The van der Waals surface area contributed by atoms with Gasteiger partial charge < -0.3 is 0 Å². The lowest BCUT2D eigenvalue weighted by Crippen LogP contribution is -2.20. The summed E-state index contributed by atoms with van der Waals surface area (Å²) < 4.78 is 2.32. The van der Waals surface area contributed by atoms with Gasteiger partial charge in [-0.25, -0.2) is 3.11 Å². The summed E-state index contributed by atoms with van der Waals surface area (Å²) in [5, 5.41) is 0. The highest BCUT2D eigenvalue weighted by molar-refractivity contribution is 14.1. The van der Waals surface area contributed by atoms with Crippen LogP contribution in [-0.4, -0.2) is 15.7 Å². The van der Waals surface area contributed by atoms with Crippen molar-refractivity contribution in [1.29, 1.82) is 0 Å². The molecular weight excluding hydrogens is 213 g/mol. The highest BCUT2D eigenvalue weighted by Crippen LogP contribution is 2.05. The molecule has 0 aliphatic carbocycles. The van der Waals surface area contributed by atoms with Gasteiger partial charge in [0.05, 0.1) is 0 Å². The van der Waals surface area contributed by atoms with Gasteiger partial charge in [0.1, 0.15) is 0 Å². The Bertz CT molecular complexity index is 54.5. The number of hydrogen-bond donors (Lipinski definition) is 0. The quantitative estimate of drug-likeness (QED) is 0.528. The van der Waals surface area contributed by atoms with Crippen LogP contribution in [0.2, 0.25) is 0 Å². The molecule has 0 aliphatic heterocycles. The molecule has 0 unspecified atom stereocenters. The standard InChI is InChI=1S/C6H14IN/c1-4-5-8(7)6(2)3/h6H,4-5H2,1-3H3. The molecule has 1 nitrogen and oxygen atoms in total. The van der Waals surface area contributed by atoms with Crippen LogP contribution < -0.4 is 0 Å². The van der Waals surface area contributed by atoms with Gasteiger partial charge in [-0.3, -0.25) is 0 Å². The third kappa shape index (κ3) is 3.66. The molecule has 0 bridgehead atoms. The summed E-state index contributed by atoms with van der Waals surface area (Å²) in [5.41, 5.74) is 0. The predicted molar refractivity (Wildman–Crippen MR) is 46.2 cm³/mol. The molecule has 0 heterocycles. The maximum Gasteiger partial charge on any atom is 0.0204 e. The maximum absolute atomic E-state index is 2.36. The van der Waals surface area contributed by atoms with Crippen molar-refractivity contribution >= 4 is 22.9 Å². The van der Waals surface area contributed by atoms with E-state index >= 15 is 0 Å². The predicted octanol–water partition coefficient (Wildman–Crippen LogP) is 2.46. The summed E-state index contributed by atoms with van der Waals surface area (Å²) in [5.74, 6) is 0. The molecule has 0 radical (unpaired) electrons. The van der Waals surface area contributed by atoms with Gasteiger partial charge in [0, 0.05) is 35.5 Å². The Kier molecular flexibility index (Phi) is 4.95. The molecule has 0 spiro atoms. The van der Waals surface area contributed by atoms with Crippen molar-refractivity contribution in [3.63, 3.8) is 0 Å². The zero-order chi connectivity index (χ0) is 6.57. The van der Waals surface area contributed by atoms with Crippen LogP contribution in [0.4, 0.5) is 0 Å². The van der Waals surface area contributed by atoms with Gasteiger partial charge in [0.25, 0.3) is 0 Å². The lowest BCUT2D eigenvalue weighted by atomic mass is 10.4. The normalized spacial score (nSPS) is 11.2. The van der Waals surface area contributed by atoms with Gasteiger partial charge in [-0.1, -0.05) is 6.92 Å². The first kappa shape index (κ1) is 8.69. The van der Waals surface area contributed by atoms with Crippen molar-refractivity contribution in [2.75, 3.05) is 6.54 Å². The van der Waals surface area contributed by atoms with Gasteiger partial charge in [-0.2, -0.15) is 0 Å². The maximum atomic E-state index is 2.36. The van der Waals surface area contributed by atoms with Crippen LogP contribution in [0, 0.1) is 0 Å². The van der Waals surface area contributed by atoms with E-state index in [9.17, 15) is 0 Å². The second-order valence-corrected chi connectivity index (χ2v) is 3.46. The summed E-state index contributed by atoms with van der Waals surface area (Å²) in [6, 6.07) is 0.690. The molecule has 0 aromatic rings. The zero-order valence-electron chi connectivity index (χ0n) is 5.82. The lowest BCUT2D eigenvalue weighted by Gasteiger charge is -2.16.